The van der Waals surface area contributed by atoms with Crippen molar-refractivity contribution in [3.05, 3.63) is 87.7 Å². The number of fused-ring (bicyclic) bond motifs is 1. The van der Waals surface area contributed by atoms with Crippen molar-refractivity contribution in [2.24, 2.45) is 0 Å². The number of H-pyrrole nitrogens is 1. The van der Waals surface area contributed by atoms with Gasteiger partial charge >= 0.3 is 0 Å². The second kappa shape index (κ2) is 7.80. The highest BCUT2D eigenvalue weighted by Gasteiger charge is 2.11. The highest BCUT2D eigenvalue weighted by atomic mass is 16.5. The summed E-state index contributed by atoms with van der Waals surface area (Å²) in [6, 6.07) is 19.0. The molecule has 0 bridgehead atoms. The Hall–Kier alpha value is -3.60. The molecule has 1 heterocycles. The molecule has 0 aliphatic heterocycles. The Morgan fingerprint density at radius 2 is 1.79 bits per heavy atom. The summed E-state index contributed by atoms with van der Waals surface area (Å²) in [7, 11) is 1.60. The first-order valence-electron chi connectivity index (χ1n) is 9.42. The molecule has 4 aromatic rings. The molecule has 0 saturated carbocycles. The molecule has 1 N–H and O–H groups in total. The van der Waals surface area contributed by atoms with Gasteiger partial charge in [-0.25, -0.2) is 4.98 Å². The number of para-hydroxylation sites is 1. The molecule has 146 valence electrons. The van der Waals surface area contributed by atoms with E-state index < -0.39 is 0 Å². The molecule has 3 aromatic carbocycles. The molecule has 4 rings (SSSR count). The van der Waals surface area contributed by atoms with Gasteiger partial charge in [0.15, 0.2) is 11.5 Å². The molecule has 5 nitrogen and oxygen atoms in total. The third-order valence-corrected chi connectivity index (χ3v) is 5.15. The summed E-state index contributed by atoms with van der Waals surface area (Å²) in [5, 5.41) is 0.566. The summed E-state index contributed by atoms with van der Waals surface area (Å²) in [5.41, 5.74) is 4.83. The summed E-state index contributed by atoms with van der Waals surface area (Å²) >= 11 is 0. The van der Waals surface area contributed by atoms with Crippen LogP contribution in [0.4, 0.5) is 0 Å². The van der Waals surface area contributed by atoms with Crippen molar-refractivity contribution in [2.75, 3.05) is 7.11 Å². The number of benzene rings is 3. The molecule has 0 radical (unpaired) electrons. The van der Waals surface area contributed by atoms with Crippen molar-refractivity contribution < 1.29 is 9.47 Å². The van der Waals surface area contributed by atoms with Gasteiger partial charge in [-0.2, -0.15) is 0 Å². The van der Waals surface area contributed by atoms with E-state index in [0.29, 0.717) is 34.8 Å². The smallest absolute Gasteiger partial charge is 0.259 e. The van der Waals surface area contributed by atoms with Crippen molar-refractivity contribution >= 4 is 10.9 Å². The second-order valence-electron chi connectivity index (χ2n) is 6.95. The Labute approximate surface area is 169 Å². The zero-order valence-corrected chi connectivity index (χ0v) is 16.7. The maximum Gasteiger partial charge on any atom is 0.259 e. The third kappa shape index (κ3) is 3.72. The molecule has 29 heavy (non-hydrogen) atoms. The summed E-state index contributed by atoms with van der Waals surface area (Å²) in [5.74, 6) is 1.72. The van der Waals surface area contributed by atoms with Crippen LogP contribution in [0.2, 0.25) is 0 Å². The fourth-order valence-corrected chi connectivity index (χ4v) is 3.28. The zero-order valence-electron chi connectivity index (χ0n) is 16.7. The number of methoxy groups -OCH3 is 1. The van der Waals surface area contributed by atoms with Crippen LogP contribution >= 0.6 is 0 Å². The van der Waals surface area contributed by atoms with Crippen molar-refractivity contribution in [1.29, 1.82) is 0 Å². The standard InChI is InChI=1S/C24H22N2O3/c1-15-7-6-8-18(16(15)2)14-29-21-12-11-17(13-22(21)28-3)23-25-20-10-5-4-9-19(20)24(27)26-23/h4-13H,14H2,1-3H3,(H,25,26,27). The molecular weight excluding hydrogens is 364 g/mol. The number of aromatic amines is 1. The maximum atomic E-state index is 12.4. The molecule has 0 amide bonds. The van der Waals surface area contributed by atoms with Crippen molar-refractivity contribution in [3.63, 3.8) is 0 Å². The Kier molecular flexibility index (Phi) is 5.04. The second-order valence-corrected chi connectivity index (χ2v) is 6.95. The molecule has 1 aromatic heterocycles. The Balaban J connectivity index is 1.65. The normalized spacial score (nSPS) is 10.9. The van der Waals surface area contributed by atoms with Crippen LogP contribution in [-0.4, -0.2) is 17.1 Å². The van der Waals surface area contributed by atoms with E-state index in [2.05, 4.69) is 35.9 Å². The van der Waals surface area contributed by atoms with Gasteiger partial charge in [0.1, 0.15) is 12.4 Å². The minimum atomic E-state index is -0.167. The summed E-state index contributed by atoms with van der Waals surface area (Å²) in [4.78, 5) is 19.8. The monoisotopic (exact) mass is 386 g/mol. The number of rotatable bonds is 5. The van der Waals surface area contributed by atoms with Gasteiger partial charge in [0.05, 0.1) is 18.0 Å². The fraction of sp³-hybridized carbons (Fsp3) is 0.167. The van der Waals surface area contributed by atoms with Gasteiger partial charge in [0.25, 0.3) is 5.56 Å². The van der Waals surface area contributed by atoms with Crippen LogP contribution in [0.5, 0.6) is 11.5 Å². The van der Waals surface area contributed by atoms with E-state index >= 15 is 0 Å². The van der Waals surface area contributed by atoms with E-state index in [1.165, 1.54) is 11.1 Å². The number of hydrogen-bond donors (Lipinski definition) is 1. The van der Waals surface area contributed by atoms with Crippen LogP contribution in [0.25, 0.3) is 22.3 Å². The molecule has 0 spiro atoms. The highest BCUT2D eigenvalue weighted by molar-refractivity contribution is 5.79. The first kappa shape index (κ1) is 18.7. The van der Waals surface area contributed by atoms with Crippen LogP contribution < -0.4 is 15.0 Å². The third-order valence-electron chi connectivity index (χ3n) is 5.15. The highest BCUT2D eigenvalue weighted by Crippen LogP contribution is 2.32. The zero-order chi connectivity index (χ0) is 20.4. The largest absolute Gasteiger partial charge is 0.493 e. The summed E-state index contributed by atoms with van der Waals surface area (Å²) in [6.07, 6.45) is 0. The van der Waals surface area contributed by atoms with Gasteiger partial charge < -0.3 is 14.5 Å². The molecule has 0 aliphatic carbocycles. The SMILES string of the molecule is COc1cc(-c2nc3ccccc3c(=O)[nH]2)ccc1OCc1cccc(C)c1C. The lowest BCUT2D eigenvalue weighted by Gasteiger charge is -2.14. The van der Waals surface area contributed by atoms with Crippen LogP contribution in [0.1, 0.15) is 16.7 Å². The molecule has 0 atom stereocenters. The number of aryl methyl sites for hydroxylation is 1. The fourth-order valence-electron chi connectivity index (χ4n) is 3.28. The average molecular weight is 386 g/mol. The molecule has 0 fully saturated rings. The lowest BCUT2D eigenvalue weighted by Crippen LogP contribution is -2.09. The number of nitrogens with zero attached hydrogens (tertiary/aromatic N) is 1. The lowest BCUT2D eigenvalue weighted by atomic mass is 10.0. The van der Waals surface area contributed by atoms with Gasteiger partial charge in [-0.1, -0.05) is 30.3 Å². The maximum absolute atomic E-state index is 12.4. The predicted octanol–water partition coefficient (Wildman–Crippen LogP) is 4.79. The number of ether oxygens (including phenoxy) is 2. The van der Waals surface area contributed by atoms with Crippen molar-refractivity contribution in [1.82, 2.24) is 9.97 Å². The van der Waals surface area contributed by atoms with E-state index in [-0.39, 0.29) is 5.56 Å². The van der Waals surface area contributed by atoms with E-state index in [9.17, 15) is 4.79 Å². The number of aromatic nitrogens is 2. The number of nitrogens with one attached hydrogen (secondary N) is 1. The minimum absolute atomic E-state index is 0.167. The van der Waals surface area contributed by atoms with Crippen molar-refractivity contribution in [3.8, 4) is 22.9 Å². The first-order chi connectivity index (χ1) is 14.1. The molecule has 0 aliphatic rings. The lowest BCUT2D eigenvalue weighted by molar-refractivity contribution is 0.284. The molecule has 0 unspecified atom stereocenters. The van der Waals surface area contributed by atoms with E-state index in [1.54, 1.807) is 13.2 Å². The van der Waals surface area contributed by atoms with E-state index in [4.69, 9.17) is 9.47 Å². The molecule has 5 heteroatoms. The summed E-state index contributed by atoms with van der Waals surface area (Å²) < 4.78 is 11.5. The summed E-state index contributed by atoms with van der Waals surface area (Å²) in [6.45, 7) is 4.63. The van der Waals surface area contributed by atoms with Gasteiger partial charge in [0.2, 0.25) is 0 Å². The minimum Gasteiger partial charge on any atom is -0.493 e. The Bertz CT molecular complexity index is 1240. The average Bonchev–Trinajstić information content (AvgIpc) is 2.74. The quantitative estimate of drug-likeness (QED) is 0.535. The van der Waals surface area contributed by atoms with Gasteiger partial charge in [-0.05, 0) is 60.9 Å². The van der Waals surface area contributed by atoms with Crippen LogP contribution in [0.15, 0.2) is 65.5 Å². The first-order valence-corrected chi connectivity index (χ1v) is 9.42. The molecular formula is C24H22N2O3. The van der Waals surface area contributed by atoms with Crippen LogP contribution in [0.3, 0.4) is 0 Å². The van der Waals surface area contributed by atoms with Crippen molar-refractivity contribution in [2.45, 2.75) is 20.5 Å². The van der Waals surface area contributed by atoms with Crippen LogP contribution in [-0.2, 0) is 6.61 Å². The van der Waals surface area contributed by atoms with Crippen LogP contribution in [0, 0.1) is 13.8 Å². The van der Waals surface area contributed by atoms with E-state index in [0.717, 1.165) is 11.1 Å². The van der Waals surface area contributed by atoms with Gasteiger partial charge in [-0.15, -0.1) is 0 Å². The topological polar surface area (TPSA) is 64.2 Å². The number of hydrogen-bond acceptors (Lipinski definition) is 4. The predicted molar refractivity (Wildman–Crippen MR) is 115 cm³/mol. The van der Waals surface area contributed by atoms with Gasteiger partial charge in [-0.3, -0.25) is 4.79 Å². The van der Waals surface area contributed by atoms with Gasteiger partial charge in [0, 0.05) is 5.56 Å². The molecule has 0 saturated heterocycles. The Morgan fingerprint density at radius 3 is 2.62 bits per heavy atom. The Morgan fingerprint density at radius 1 is 0.966 bits per heavy atom. The van der Waals surface area contributed by atoms with E-state index in [1.807, 2.05) is 42.5 Å².